The molecule has 2 unspecified atom stereocenters. The molecule has 0 aromatic heterocycles. The van der Waals surface area contributed by atoms with Crippen LogP contribution >= 0.6 is 0 Å². The van der Waals surface area contributed by atoms with Gasteiger partial charge in [0.25, 0.3) is 5.69 Å². The highest BCUT2D eigenvalue weighted by Crippen LogP contribution is 2.47. The van der Waals surface area contributed by atoms with Gasteiger partial charge >= 0.3 is 0 Å². The molecule has 3 aromatic rings. The Kier molecular flexibility index (Phi) is 4.32. The Morgan fingerprint density at radius 1 is 1.03 bits per heavy atom. The molecule has 2 aliphatic heterocycles. The van der Waals surface area contributed by atoms with E-state index in [2.05, 4.69) is 0 Å². The molecule has 154 valence electrons. The minimum atomic E-state index is -1.05. The van der Waals surface area contributed by atoms with E-state index < -0.39 is 16.4 Å². The highest BCUT2D eigenvalue weighted by atomic mass is 16.6. The van der Waals surface area contributed by atoms with E-state index in [1.165, 1.54) is 12.1 Å². The maximum Gasteiger partial charge on any atom is 0.269 e. The monoisotopic (exact) mass is 413 g/mol. The van der Waals surface area contributed by atoms with Crippen molar-refractivity contribution in [3.05, 3.63) is 106 Å². The minimum absolute atomic E-state index is 0.00711. The molecule has 7 nitrogen and oxygen atoms in total. The average molecular weight is 413 g/mol. The molecule has 3 aromatic carbocycles. The molecule has 2 atom stereocenters. The van der Waals surface area contributed by atoms with Gasteiger partial charge in [-0.3, -0.25) is 19.9 Å². The van der Waals surface area contributed by atoms with E-state index in [9.17, 15) is 14.9 Å². The van der Waals surface area contributed by atoms with Crippen LogP contribution in [0.15, 0.2) is 84.0 Å². The van der Waals surface area contributed by atoms with E-state index in [4.69, 9.17) is 9.84 Å². The van der Waals surface area contributed by atoms with Gasteiger partial charge in [-0.15, -0.1) is 0 Å². The Morgan fingerprint density at radius 2 is 1.71 bits per heavy atom. The van der Waals surface area contributed by atoms with Crippen molar-refractivity contribution in [1.82, 2.24) is 5.01 Å². The highest BCUT2D eigenvalue weighted by Gasteiger charge is 2.58. The standard InChI is InChI=1S/C24H19N3O4/c1-26-24(15-31-20-10-6-5-9-19(20)23(24)28)21(16-7-3-2-4-8-16)22(25-26)17-11-13-18(14-12-17)27(29)30/h2-14,21H,15H2,1H3. The molecule has 0 amide bonds. The molecule has 2 aliphatic rings. The van der Waals surface area contributed by atoms with Gasteiger partial charge in [0.05, 0.1) is 22.1 Å². The zero-order chi connectivity index (χ0) is 21.6. The van der Waals surface area contributed by atoms with Crippen molar-refractivity contribution in [2.75, 3.05) is 13.7 Å². The van der Waals surface area contributed by atoms with Gasteiger partial charge in [-0.05, 0) is 35.4 Å². The van der Waals surface area contributed by atoms with Crippen molar-refractivity contribution in [2.24, 2.45) is 5.10 Å². The summed E-state index contributed by atoms with van der Waals surface area (Å²) in [5, 5.41) is 17.5. The molecule has 0 fully saturated rings. The summed E-state index contributed by atoms with van der Waals surface area (Å²) in [4.78, 5) is 24.5. The van der Waals surface area contributed by atoms with Crippen LogP contribution < -0.4 is 4.74 Å². The highest BCUT2D eigenvalue weighted by molar-refractivity contribution is 6.16. The number of Topliss-reactive ketones (excluding diaryl/α,β-unsaturated/α-hetero) is 1. The second-order valence-corrected chi connectivity index (χ2v) is 7.69. The fourth-order valence-electron chi connectivity index (χ4n) is 4.50. The molecular formula is C24H19N3O4. The Balaban J connectivity index is 1.67. The smallest absolute Gasteiger partial charge is 0.269 e. The van der Waals surface area contributed by atoms with Gasteiger partial charge in [0.2, 0.25) is 0 Å². The molecule has 0 N–H and O–H groups in total. The molecular weight excluding hydrogens is 394 g/mol. The third-order valence-corrected chi connectivity index (χ3v) is 6.07. The van der Waals surface area contributed by atoms with E-state index in [0.717, 1.165) is 11.1 Å². The first-order chi connectivity index (χ1) is 15.0. The lowest BCUT2D eigenvalue weighted by Crippen LogP contribution is -2.59. The van der Waals surface area contributed by atoms with E-state index in [1.807, 2.05) is 42.5 Å². The maximum atomic E-state index is 13.9. The number of nitro groups is 1. The van der Waals surface area contributed by atoms with Crippen LogP contribution in [0.5, 0.6) is 5.75 Å². The fourth-order valence-corrected chi connectivity index (χ4v) is 4.50. The lowest BCUT2D eigenvalue weighted by Gasteiger charge is -2.41. The molecule has 0 bridgehead atoms. The van der Waals surface area contributed by atoms with Gasteiger partial charge in [0.15, 0.2) is 11.3 Å². The fraction of sp³-hybridized carbons (Fsp3) is 0.167. The summed E-state index contributed by atoms with van der Waals surface area (Å²) in [6.07, 6.45) is 0. The molecule has 7 heteroatoms. The maximum absolute atomic E-state index is 13.9. The van der Waals surface area contributed by atoms with Crippen LogP contribution in [0.3, 0.4) is 0 Å². The van der Waals surface area contributed by atoms with Crippen LogP contribution in [0.25, 0.3) is 0 Å². The molecule has 0 aliphatic carbocycles. The van der Waals surface area contributed by atoms with Gasteiger partial charge < -0.3 is 4.74 Å². The first kappa shape index (κ1) is 19.0. The van der Waals surface area contributed by atoms with E-state index in [1.54, 1.807) is 36.3 Å². The van der Waals surface area contributed by atoms with Crippen LogP contribution in [0.4, 0.5) is 5.69 Å². The van der Waals surface area contributed by atoms with Crippen molar-refractivity contribution in [3.63, 3.8) is 0 Å². The van der Waals surface area contributed by atoms with E-state index in [0.29, 0.717) is 17.0 Å². The normalized spacial score (nSPS) is 22.1. The van der Waals surface area contributed by atoms with Crippen LogP contribution in [0.2, 0.25) is 0 Å². The zero-order valence-electron chi connectivity index (χ0n) is 16.8. The summed E-state index contributed by atoms with van der Waals surface area (Å²) in [7, 11) is 1.78. The predicted octanol–water partition coefficient (Wildman–Crippen LogP) is 4.04. The number of ether oxygens (including phenoxy) is 1. The minimum Gasteiger partial charge on any atom is -0.490 e. The van der Waals surface area contributed by atoms with Gasteiger partial charge in [-0.1, -0.05) is 42.5 Å². The largest absolute Gasteiger partial charge is 0.490 e. The summed E-state index contributed by atoms with van der Waals surface area (Å²) < 4.78 is 6.06. The first-order valence-corrected chi connectivity index (χ1v) is 9.91. The van der Waals surface area contributed by atoms with Gasteiger partial charge in [-0.25, -0.2) is 0 Å². The van der Waals surface area contributed by atoms with Crippen LogP contribution in [0.1, 0.15) is 27.4 Å². The second-order valence-electron chi connectivity index (χ2n) is 7.69. The number of rotatable bonds is 3. The summed E-state index contributed by atoms with van der Waals surface area (Å²) >= 11 is 0. The number of ketones is 1. The van der Waals surface area contributed by atoms with Crippen molar-refractivity contribution >= 4 is 17.2 Å². The van der Waals surface area contributed by atoms with E-state index >= 15 is 0 Å². The lowest BCUT2D eigenvalue weighted by molar-refractivity contribution is -0.384. The third kappa shape index (κ3) is 2.81. The van der Waals surface area contributed by atoms with Crippen LogP contribution in [-0.4, -0.2) is 40.6 Å². The number of likely N-dealkylation sites (N-methyl/N-ethyl adjacent to an activating group) is 1. The summed E-state index contributed by atoms with van der Waals surface area (Å²) in [6.45, 7) is 0.152. The number of non-ortho nitro benzene ring substituents is 1. The van der Waals surface area contributed by atoms with Gasteiger partial charge in [0.1, 0.15) is 12.4 Å². The quantitative estimate of drug-likeness (QED) is 0.478. The lowest BCUT2D eigenvalue weighted by atomic mass is 9.71. The topological polar surface area (TPSA) is 85.0 Å². The number of nitro benzene ring substituents is 1. The molecule has 0 radical (unpaired) electrons. The van der Waals surface area contributed by atoms with Gasteiger partial charge in [0, 0.05) is 19.2 Å². The van der Waals surface area contributed by atoms with Gasteiger partial charge in [-0.2, -0.15) is 5.10 Å². The number of hydrogen-bond donors (Lipinski definition) is 0. The molecule has 31 heavy (non-hydrogen) atoms. The predicted molar refractivity (Wildman–Crippen MR) is 116 cm³/mol. The number of nitrogens with zero attached hydrogens (tertiary/aromatic N) is 3. The molecule has 1 spiro atoms. The van der Waals surface area contributed by atoms with Crippen molar-refractivity contribution in [2.45, 2.75) is 11.5 Å². The number of carbonyl (C=O) groups is 1. The van der Waals surface area contributed by atoms with E-state index in [-0.39, 0.29) is 18.1 Å². The Morgan fingerprint density at radius 3 is 2.42 bits per heavy atom. The number of carbonyl (C=O) groups excluding carboxylic acids is 1. The Bertz CT molecular complexity index is 1210. The summed E-state index contributed by atoms with van der Waals surface area (Å²) in [6, 6.07) is 23.2. The number of benzene rings is 3. The first-order valence-electron chi connectivity index (χ1n) is 9.91. The zero-order valence-corrected chi connectivity index (χ0v) is 16.8. The number of hydrazone groups is 1. The third-order valence-electron chi connectivity index (χ3n) is 6.07. The molecule has 0 saturated heterocycles. The SMILES string of the molecule is CN1N=C(c2ccc([N+](=O)[O-])cc2)C(c2ccccc2)C12COc1ccccc1C2=O. The summed E-state index contributed by atoms with van der Waals surface area (Å²) in [5.74, 6) is 0.120. The van der Waals surface area contributed by atoms with Crippen molar-refractivity contribution in [3.8, 4) is 5.75 Å². The van der Waals surface area contributed by atoms with Crippen molar-refractivity contribution < 1.29 is 14.5 Å². The molecule has 5 rings (SSSR count). The number of para-hydroxylation sites is 1. The second kappa shape index (κ2) is 7.05. The Labute approximate surface area is 178 Å². The van der Waals surface area contributed by atoms with Crippen LogP contribution in [0, 0.1) is 10.1 Å². The molecule has 2 heterocycles. The van der Waals surface area contributed by atoms with Crippen LogP contribution in [-0.2, 0) is 0 Å². The number of fused-ring (bicyclic) bond motifs is 1. The number of hydrogen-bond acceptors (Lipinski definition) is 6. The molecule has 0 saturated carbocycles. The average Bonchev–Trinajstić information content (AvgIpc) is 3.10. The summed E-state index contributed by atoms with van der Waals surface area (Å²) in [5.41, 5.74) is 1.83. The Hall–Kier alpha value is -4.00. The van der Waals surface area contributed by atoms with Crippen molar-refractivity contribution in [1.29, 1.82) is 0 Å².